The van der Waals surface area contributed by atoms with Gasteiger partial charge in [-0.1, -0.05) is 0 Å². The van der Waals surface area contributed by atoms with E-state index < -0.39 is 10.0 Å². The number of nitrogens with two attached hydrogens (primary N) is 3. The summed E-state index contributed by atoms with van der Waals surface area (Å²) in [4.78, 5) is 0. The van der Waals surface area contributed by atoms with E-state index >= 15 is 0 Å². The molecule has 0 bridgehead atoms. The molecule has 0 rings (SSSR count). The Kier molecular flexibility index (Phi) is 6.17. The Balaban J connectivity index is 4.33. The van der Waals surface area contributed by atoms with E-state index in [1.165, 1.54) is 4.31 Å². The minimum Gasteiger partial charge on any atom is -0.329 e. The zero-order chi connectivity index (χ0) is 10.3. The second kappa shape index (κ2) is 6.28. The highest BCUT2D eigenvalue weighted by molar-refractivity contribution is 7.89. The first-order chi connectivity index (χ1) is 6.08. The Morgan fingerprint density at radius 2 is 1.38 bits per heavy atom. The molecule has 80 valence electrons. The van der Waals surface area contributed by atoms with Gasteiger partial charge in [0.15, 0.2) is 0 Å². The lowest BCUT2D eigenvalue weighted by Gasteiger charge is -2.19. The molecular formula is C6H18N4O2S. The molecule has 0 saturated heterocycles. The maximum absolute atomic E-state index is 11.4. The van der Waals surface area contributed by atoms with Gasteiger partial charge in [-0.2, -0.15) is 4.31 Å². The minimum atomic E-state index is -3.25. The van der Waals surface area contributed by atoms with Crippen LogP contribution in [0.5, 0.6) is 0 Å². The maximum Gasteiger partial charge on any atom is 0.215 e. The SMILES string of the molecule is NCCN(CCN)S(=O)(=O)CCN. The van der Waals surface area contributed by atoms with Crippen LogP contribution in [0.2, 0.25) is 0 Å². The van der Waals surface area contributed by atoms with Gasteiger partial charge in [0.25, 0.3) is 0 Å². The van der Waals surface area contributed by atoms with Crippen molar-refractivity contribution in [3.05, 3.63) is 0 Å². The van der Waals surface area contributed by atoms with E-state index in [-0.39, 0.29) is 12.3 Å². The molecule has 0 unspecified atom stereocenters. The van der Waals surface area contributed by atoms with Gasteiger partial charge in [-0.3, -0.25) is 0 Å². The summed E-state index contributed by atoms with van der Waals surface area (Å²) < 4.78 is 24.2. The summed E-state index contributed by atoms with van der Waals surface area (Å²) in [7, 11) is -3.25. The predicted molar refractivity (Wildman–Crippen MR) is 52.5 cm³/mol. The number of nitrogens with zero attached hydrogens (tertiary/aromatic N) is 1. The molecule has 6 N–H and O–H groups in total. The Morgan fingerprint density at radius 3 is 1.69 bits per heavy atom. The summed E-state index contributed by atoms with van der Waals surface area (Å²) in [5.41, 5.74) is 15.7. The summed E-state index contributed by atoms with van der Waals surface area (Å²) in [6.07, 6.45) is 0. The molecule has 0 aliphatic heterocycles. The molecule has 0 aliphatic rings. The van der Waals surface area contributed by atoms with E-state index in [1.807, 2.05) is 0 Å². The van der Waals surface area contributed by atoms with Crippen molar-refractivity contribution < 1.29 is 8.42 Å². The number of hydrogen-bond donors (Lipinski definition) is 3. The lowest BCUT2D eigenvalue weighted by atomic mass is 10.6. The first-order valence-corrected chi connectivity index (χ1v) is 5.77. The van der Waals surface area contributed by atoms with Crippen LogP contribution in [-0.2, 0) is 10.0 Å². The van der Waals surface area contributed by atoms with Crippen molar-refractivity contribution in [2.75, 3.05) is 38.5 Å². The Hall–Kier alpha value is -0.210. The van der Waals surface area contributed by atoms with E-state index in [4.69, 9.17) is 17.2 Å². The van der Waals surface area contributed by atoms with E-state index in [0.717, 1.165) is 0 Å². The first kappa shape index (κ1) is 12.8. The van der Waals surface area contributed by atoms with Crippen LogP contribution in [-0.4, -0.2) is 51.2 Å². The molecule has 0 saturated carbocycles. The Labute approximate surface area is 79.1 Å². The van der Waals surface area contributed by atoms with Gasteiger partial charge in [0.05, 0.1) is 5.75 Å². The normalized spacial score (nSPS) is 12.3. The van der Waals surface area contributed by atoms with Crippen LogP contribution < -0.4 is 17.2 Å². The first-order valence-electron chi connectivity index (χ1n) is 4.16. The Morgan fingerprint density at radius 1 is 0.923 bits per heavy atom. The minimum absolute atomic E-state index is 0.0486. The average Bonchev–Trinajstić information content (AvgIpc) is 2.04. The topological polar surface area (TPSA) is 115 Å². The van der Waals surface area contributed by atoms with E-state index in [2.05, 4.69) is 0 Å². The maximum atomic E-state index is 11.4. The van der Waals surface area contributed by atoms with Crippen LogP contribution in [0.3, 0.4) is 0 Å². The molecule has 0 aromatic rings. The van der Waals surface area contributed by atoms with Gasteiger partial charge in [-0.25, -0.2) is 8.42 Å². The third kappa shape index (κ3) is 4.53. The van der Waals surface area contributed by atoms with Gasteiger partial charge in [0.2, 0.25) is 10.0 Å². The molecule has 0 aromatic carbocycles. The Bertz CT molecular complexity index is 211. The molecule has 7 heteroatoms. The van der Waals surface area contributed by atoms with Crippen molar-refractivity contribution in [1.29, 1.82) is 0 Å². The van der Waals surface area contributed by atoms with Crippen LogP contribution in [0.4, 0.5) is 0 Å². The molecule has 6 nitrogen and oxygen atoms in total. The van der Waals surface area contributed by atoms with Crippen molar-refractivity contribution in [1.82, 2.24) is 4.31 Å². The van der Waals surface area contributed by atoms with Crippen molar-refractivity contribution in [2.24, 2.45) is 17.2 Å². The quantitative estimate of drug-likeness (QED) is 0.429. The van der Waals surface area contributed by atoms with Gasteiger partial charge in [0, 0.05) is 32.7 Å². The van der Waals surface area contributed by atoms with Crippen LogP contribution in [0.25, 0.3) is 0 Å². The monoisotopic (exact) mass is 210 g/mol. The molecule has 0 radical (unpaired) electrons. The molecule has 0 spiro atoms. The molecule has 0 amide bonds. The molecule has 13 heavy (non-hydrogen) atoms. The molecule has 0 aliphatic carbocycles. The molecule has 0 aromatic heterocycles. The largest absolute Gasteiger partial charge is 0.329 e. The third-order valence-electron chi connectivity index (χ3n) is 1.53. The second-order valence-corrected chi connectivity index (χ2v) is 4.67. The highest BCUT2D eigenvalue weighted by atomic mass is 32.2. The van der Waals surface area contributed by atoms with E-state index in [9.17, 15) is 8.42 Å². The summed E-state index contributed by atoms with van der Waals surface area (Å²) in [6, 6.07) is 0. The summed E-state index contributed by atoms with van der Waals surface area (Å²) in [5.74, 6) is -0.0486. The average molecular weight is 210 g/mol. The van der Waals surface area contributed by atoms with E-state index in [0.29, 0.717) is 26.2 Å². The van der Waals surface area contributed by atoms with Crippen molar-refractivity contribution in [2.45, 2.75) is 0 Å². The van der Waals surface area contributed by atoms with E-state index in [1.54, 1.807) is 0 Å². The number of sulfonamides is 1. The second-order valence-electron chi connectivity index (χ2n) is 2.58. The van der Waals surface area contributed by atoms with Gasteiger partial charge < -0.3 is 17.2 Å². The molecule has 0 heterocycles. The number of hydrogen-bond acceptors (Lipinski definition) is 5. The summed E-state index contributed by atoms with van der Waals surface area (Å²) in [6.45, 7) is 1.32. The van der Waals surface area contributed by atoms with Gasteiger partial charge in [-0.05, 0) is 0 Å². The fourth-order valence-electron chi connectivity index (χ4n) is 0.956. The summed E-state index contributed by atoms with van der Waals surface area (Å²) in [5, 5.41) is 0. The van der Waals surface area contributed by atoms with Crippen LogP contribution in [0.15, 0.2) is 0 Å². The highest BCUT2D eigenvalue weighted by Crippen LogP contribution is 1.98. The van der Waals surface area contributed by atoms with Crippen molar-refractivity contribution in [3.63, 3.8) is 0 Å². The van der Waals surface area contributed by atoms with Gasteiger partial charge in [0.1, 0.15) is 0 Å². The van der Waals surface area contributed by atoms with Gasteiger partial charge in [-0.15, -0.1) is 0 Å². The number of rotatable bonds is 7. The lowest BCUT2D eigenvalue weighted by molar-refractivity contribution is 0.426. The van der Waals surface area contributed by atoms with Crippen molar-refractivity contribution >= 4 is 10.0 Å². The molecule has 0 atom stereocenters. The molecular weight excluding hydrogens is 192 g/mol. The van der Waals surface area contributed by atoms with Gasteiger partial charge >= 0.3 is 0 Å². The summed E-state index contributed by atoms with van der Waals surface area (Å²) >= 11 is 0. The standard InChI is InChI=1S/C6H18N4O2S/c7-1-4-10(5-2-8)13(11,12)6-3-9/h1-9H2. The van der Waals surface area contributed by atoms with Crippen LogP contribution in [0, 0.1) is 0 Å². The van der Waals surface area contributed by atoms with Crippen LogP contribution in [0.1, 0.15) is 0 Å². The third-order valence-corrected chi connectivity index (χ3v) is 3.43. The fraction of sp³-hybridized carbons (Fsp3) is 1.00. The fourth-order valence-corrected chi connectivity index (χ4v) is 2.28. The lowest BCUT2D eigenvalue weighted by Crippen LogP contribution is -2.41. The van der Waals surface area contributed by atoms with Crippen LogP contribution >= 0.6 is 0 Å². The smallest absolute Gasteiger partial charge is 0.215 e. The zero-order valence-corrected chi connectivity index (χ0v) is 8.46. The zero-order valence-electron chi connectivity index (χ0n) is 7.65. The highest BCUT2D eigenvalue weighted by Gasteiger charge is 2.18. The molecule has 0 fully saturated rings. The predicted octanol–water partition coefficient (Wildman–Crippen LogP) is -2.51. The van der Waals surface area contributed by atoms with Crippen molar-refractivity contribution in [3.8, 4) is 0 Å².